The summed E-state index contributed by atoms with van der Waals surface area (Å²) in [5.41, 5.74) is 1.85. The molecule has 6 nitrogen and oxygen atoms in total. The number of fused-ring (bicyclic) bond motifs is 4. The molecule has 3 fully saturated rings. The molecule has 0 saturated carbocycles. The van der Waals surface area contributed by atoms with Crippen molar-refractivity contribution >= 4 is 11.7 Å². The Morgan fingerprint density at radius 3 is 2.94 bits per heavy atom. The first-order valence-electron chi connectivity index (χ1n) is 11.2. The summed E-state index contributed by atoms with van der Waals surface area (Å²) in [6, 6.07) is 14.6. The molecular weight excluding hydrogens is 388 g/mol. The number of ether oxygens (including phenoxy) is 1. The highest BCUT2D eigenvalue weighted by Crippen LogP contribution is 2.43. The highest BCUT2D eigenvalue weighted by Gasteiger charge is 2.49. The van der Waals surface area contributed by atoms with E-state index >= 15 is 0 Å². The van der Waals surface area contributed by atoms with Crippen molar-refractivity contribution in [3.8, 4) is 11.8 Å². The van der Waals surface area contributed by atoms with Gasteiger partial charge in [-0.1, -0.05) is 12.1 Å². The zero-order chi connectivity index (χ0) is 21.4. The molecular formula is C25H28N4O2. The van der Waals surface area contributed by atoms with Crippen molar-refractivity contribution in [3.05, 3.63) is 53.7 Å². The lowest BCUT2D eigenvalue weighted by molar-refractivity contribution is -0.148. The summed E-state index contributed by atoms with van der Waals surface area (Å²) in [4.78, 5) is 22.2. The van der Waals surface area contributed by atoms with Crippen molar-refractivity contribution in [2.75, 3.05) is 25.1 Å². The molecule has 3 saturated heterocycles. The maximum Gasteiger partial charge on any atom is 0.223 e. The van der Waals surface area contributed by atoms with E-state index in [-0.39, 0.29) is 6.04 Å². The minimum Gasteiger partial charge on any atom is -0.497 e. The maximum atomic E-state index is 13.1. The highest BCUT2D eigenvalue weighted by atomic mass is 16.5. The van der Waals surface area contributed by atoms with Crippen molar-refractivity contribution in [3.63, 3.8) is 0 Å². The molecule has 3 aliphatic rings. The number of nitriles is 1. The van der Waals surface area contributed by atoms with Crippen molar-refractivity contribution in [1.29, 1.82) is 5.26 Å². The summed E-state index contributed by atoms with van der Waals surface area (Å²) in [7, 11) is 1.69. The van der Waals surface area contributed by atoms with Gasteiger partial charge in [0, 0.05) is 37.8 Å². The third kappa shape index (κ3) is 3.74. The van der Waals surface area contributed by atoms with E-state index < -0.39 is 0 Å². The second-order valence-electron chi connectivity index (χ2n) is 9.06. The quantitative estimate of drug-likeness (QED) is 0.764. The van der Waals surface area contributed by atoms with E-state index in [1.165, 1.54) is 5.56 Å². The largest absolute Gasteiger partial charge is 0.497 e. The number of piperidine rings is 3. The Hall–Kier alpha value is -3.07. The molecule has 0 unspecified atom stereocenters. The normalized spacial score (nSPS) is 27.4. The molecule has 160 valence electrons. The average Bonchev–Trinajstić information content (AvgIpc) is 2.82. The van der Waals surface area contributed by atoms with Crippen LogP contribution >= 0.6 is 0 Å². The Bertz CT molecular complexity index is 1020. The fraction of sp³-hybridized carbons (Fsp3) is 0.480. The van der Waals surface area contributed by atoms with E-state index in [1.54, 1.807) is 19.4 Å². The fourth-order valence-corrected chi connectivity index (χ4v) is 5.93. The van der Waals surface area contributed by atoms with Crippen LogP contribution in [0.2, 0.25) is 0 Å². The van der Waals surface area contributed by atoms with Crippen LogP contribution in [0.4, 0.5) is 5.82 Å². The summed E-state index contributed by atoms with van der Waals surface area (Å²) in [6.07, 6.45) is 6.45. The standard InChI is InChI=1S/C25H28N4O2/c1-31-21-5-2-4-17(10-21)11-23-20-13-19(22-6-3-7-25(30)29(22)23)15-28(16-20)24-12-18(14-26)8-9-27-24/h2,4-5,8-10,12,19-20,22-23H,3,6-7,11,13,15-16H2,1H3/t19-,20+,22+,23+/m1/s1. The van der Waals surface area contributed by atoms with Gasteiger partial charge in [-0.25, -0.2) is 4.98 Å². The topological polar surface area (TPSA) is 69.5 Å². The number of aromatic nitrogens is 1. The van der Waals surface area contributed by atoms with Gasteiger partial charge in [0.2, 0.25) is 5.91 Å². The number of rotatable bonds is 4. The van der Waals surface area contributed by atoms with Crippen molar-refractivity contribution < 1.29 is 9.53 Å². The number of benzene rings is 1. The predicted octanol–water partition coefficient (Wildman–Crippen LogP) is 3.41. The van der Waals surface area contributed by atoms with E-state index in [0.717, 1.165) is 50.3 Å². The second kappa shape index (κ2) is 8.22. The lowest BCUT2D eigenvalue weighted by Crippen LogP contribution is -2.65. The number of amides is 1. The molecule has 1 aromatic heterocycles. The molecule has 1 aromatic carbocycles. The van der Waals surface area contributed by atoms with Crippen molar-refractivity contribution in [2.24, 2.45) is 11.8 Å². The van der Waals surface area contributed by atoms with E-state index in [0.29, 0.717) is 35.8 Å². The average molecular weight is 417 g/mol. The van der Waals surface area contributed by atoms with Crippen LogP contribution in [-0.2, 0) is 11.2 Å². The molecule has 0 spiro atoms. The van der Waals surface area contributed by atoms with E-state index in [2.05, 4.69) is 33.0 Å². The van der Waals surface area contributed by atoms with Gasteiger partial charge in [-0.05, 0) is 67.3 Å². The summed E-state index contributed by atoms with van der Waals surface area (Å²) in [5.74, 6) is 2.89. The first-order valence-corrected chi connectivity index (χ1v) is 11.2. The fourth-order valence-electron chi connectivity index (χ4n) is 5.93. The molecule has 0 aliphatic carbocycles. The van der Waals surface area contributed by atoms with Crippen LogP contribution in [0.1, 0.15) is 36.8 Å². The number of carbonyl (C=O) groups is 1. The van der Waals surface area contributed by atoms with Crippen LogP contribution < -0.4 is 9.64 Å². The Kier molecular flexibility index (Phi) is 5.27. The van der Waals surface area contributed by atoms with Gasteiger partial charge < -0.3 is 14.5 Å². The molecule has 2 bridgehead atoms. The summed E-state index contributed by atoms with van der Waals surface area (Å²) in [6.45, 7) is 1.77. The lowest BCUT2D eigenvalue weighted by Gasteiger charge is -2.57. The third-order valence-electron chi connectivity index (χ3n) is 7.27. The van der Waals surface area contributed by atoms with Crippen LogP contribution in [0.5, 0.6) is 5.75 Å². The summed E-state index contributed by atoms with van der Waals surface area (Å²) < 4.78 is 5.43. The second-order valence-corrected chi connectivity index (χ2v) is 9.06. The summed E-state index contributed by atoms with van der Waals surface area (Å²) >= 11 is 0. The molecule has 4 heterocycles. The zero-order valence-electron chi connectivity index (χ0n) is 17.9. The Balaban J connectivity index is 1.47. The van der Waals surface area contributed by atoms with E-state index in [9.17, 15) is 10.1 Å². The first kappa shape index (κ1) is 19.9. The number of carbonyl (C=O) groups excluding carboxylic acids is 1. The van der Waals surface area contributed by atoms with Crippen molar-refractivity contribution in [1.82, 2.24) is 9.88 Å². The molecule has 31 heavy (non-hydrogen) atoms. The highest BCUT2D eigenvalue weighted by molar-refractivity contribution is 5.78. The molecule has 0 radical (unpaired) electrons. The van der Waals surface area contributed by atoms with Crippen molar-refractivity contribution in [2.45, 2.75) is 44.2 Å². The number of pyridine rings is 1. The Morgan fingerprint density at radius 2 is 2.10 bits per heavy atom. The number of nitrogens with zero attached hydrogens (tertiary/aromatic N) is 4. The molecule has 0 N–H and O–H groups in total. The lowest BCUT2D eigenvalue weighted by atomic mass is 9.70. The molecule has 1 amide bonds. The minimum absolute atomic E-state index is 0.183. The number of anilines is 1. The van der Waals surface area contributed by atoms with Gasteiger partial charge in [-0.3, -0.25) is 4.79 Å². The molecule has 3 aliphatic heterocycles. The van der Waals surface area contributed by atoms with Gasteiger partial charge in [0.15, 0.2) is 0 Å². The van der Waals surface area contributed by atoms with Crippen LogP contribution in [0.3, 0.4) is 0 Å². The molecule has 6 heteroatoms. The third-order valence-corrected chi connectivity index (χ3v) is 7.27. The van der Waals surface area contributed by atoms with Gasteiger partial charge in [0.25, 0.3) is 0 Å². The van der Waals surface area contributed by atoms with Gasteiger partial charge >= 0.3 is 0 Å². The molecule has 4 atom stereocenters. The number of methoxy groups -OCH3 is 1. The number of hydrogen-bond donors (Lipinski definition) is 0. The monoisotopic (exact) mass is 416 g/mol. The Morgan fingerprint density at radius 1 is 1.23 bits per heavy atom. The molecule has 5 rings (SSSR count). The first-order chi connectivity index (χ1) is 15.2. The SMILES string of the molecule is COc1cccc(C[C@H]2[C@H]3C[C@H](CN(c4cc(C#N)ccn4)C3)[C@@H]3CCCC(=O)N32)c1. The van der Waals surface area contributed by atoms with E-state index in [1.807, 2.05) is 18.2 Å². The van der Waals surface area contributed by atoms with E-state index in [4.69, 9.17) is 4.74 Å². The van der Waals surface area contributed by atoms with Crippen LogP contribution in [0.15, 0.2) is 42.6 Å². The van der Waals surface area contributed by atoms with Crippen LogP contribution in [0.25, 0.3) is 0 Å². The number of hydrogen-bond acceptors (Lipinski definition) is 5. The predicted molar refractivity (Wildman–Crippen MR) is 118 cm³/mol. The zero-order valence-corrected chi connectivity index (χ0v) is 17.9. The molecule has 2 aromatic rings. The van der Waals surface area contributed by atoms with Gasteiger partial charge in [-0.2, -0.15) is 5.26 Å². The summed E-state index contributed by atoms with van der Waals surface area (Å²) in [5, 5.41) is 9.30. The van der Waals surface area contributed by atoms with Gasteiger partial charge in [0.05, 0.1) is 18.7 Å². The smallest absolute Gasteiger partial charge is 0.223 e. The van der Waals surface area contributed by atoms with Crippen LogP contribution in [0, 0.1) is 23.2 Å². The van der Waals surface area contributed by atoms with Gasteiger partial charge in [-0.15, -0.1) is 0 Å². The maximum absolute atomic E-state index is 13.1. The Labute approximate surface area is 183 Å². The van der Waals surface area contributed by atoms with Gasteiger partial charge in [0.1, 0.15) is 11.6 Å². The minimum atomic E-state index is 0.183. The van der Waals surface area contributed by atoms with Crippen LogP contribution in [-0.4, -0.2) is 48.1 Å².